The highest BCUT2D eigenvalue weighted by molar-refractivity contribution is 6.33. The average molecular weight is 342 g/mol. The first-order valence-corrected chi connectivity index (χ1v) is 7.75. The molecule has 0 radical (unpaired) electrons. The van der Waals surface area contributed by atoms with Gasteiger partial charge in [-0.25, -0.2) is 4.98 Å². The van der Waals surface area contributed by atoms with E-state index in [-0.39, 0.29) is 6.61 Å². The van der Waals surface area contributed by atoms with Gasteiger partial charge in [-0.3, -0.25) is 4.79 Å². The maximum Gasteiger partial charge on any atom is 0.212 e. The monoisotopic (exact) mass is 341 g/mol. The molecule has 3 rings (SSSR count). The molecule has 2 N–H and O–H groups in total. The summed E-state index contributed by atoms with van der Waals surface area (Å²) in [4.78, 5) is 14.8. The number of aryl methyl sites for hydroxylation is 1. The molecular formula is C18H16ClN3O2. The number of pyridine rings is 1. The van der Waals surface area contributed by atoms with Gasteiger partial charge in [-0.2, -0.15) is 0 Å². The van der Waals surface area contributed by atoms with Gasteiger partial charge in [-0.05, 0) is 18.6 Å². The largest absolute Gasteiger partial charge is 0.392 e. The SMILES string of the molecule is Cc1cnc(NC=O)cc1-n1cc(CO)c(-c2ccccc2Cl)c1. The number of aromatic nitrogens is 2. The molecule has 5 nitrogen and oxygen atoms in total. The predicted molar refractivity (Wildman–Crippen MR) is 94.4 cm³/mol. The zero-order valence-corrected chi connectivity index (χ0v) is 13.8. The Labute approximate surface area is 144 Å². The maximum atomic E-state index is 10.6. The molecule has 2 heterocycles. The zero-order valence-electron chi connectivity index (χ0n) is 13.0. The molecule has 6 heteroatoms. The number of anilines is 1. The van der Waals surface area contributed by atoms with E-state index in [4.69, 9.17) is 11.6 Å². The van der Waals surface area contributed by atoms with E-state index in [0.717, 1.165) is 27.9 Å². The third-order valence-corrected chi connectivity index (χ3v) is 4.13. The average Bonchev–Trinajstić information content (AvgIpc) is 3.01. The van der Waals surface area contributed by atoms with Crippen molar-refractivity contribution < 1.29 is 9.90 Å². The molecule has 122 valence electrons. The Morgan fingerprint density at radius 2 is 2.08 bits per heavy atom. The number of benzene rings is 1. The fourth-order valence-corrected chi connectivity index (χ4v) is 2.85. The number of rotatable bonds is 5. The highest BCUT2D eigenvalue weighted by Crippen LogP contribution is 2.32. The quantitative estimate of drug-likeness (QED) is 0.697. The Kier molecular flexibility index (Phi) is 4.64. The number of hydrogen-bond acceptors (Lipinski definition) is 3. The Morgan fingerprint density at radius 1 is 1.29 bits per heavy atom. The third kappa shape index (κ3) is 3.04. The van der Waals surface area contributed by atoms with Crippen LogP contribution in [0.3, 0.4) is 0 Å². The predicted octanol–water partition coefficient (Wildman–Crippen LogP) is 3.56. The first-order valence-electron chi connectivity index (χ1n) is 7.38. The molecule has 1 amide bonds. The van der Waals surface area contributed by atoms with Gasteiger partial charge in [0.05, 0.1) is 12.3 Å². The number of aliphatic hydroxyl groups excluding tert-OH is 1. The fraction of sp³-hybridized carbons (Fsp3) is 0.111. The summed E-state index contributed by atoms with van der Waals surface area (Å²) in [7, 11) is 0. The van der Waals surface area contributed by atoms with E-state index in [1.807, 2.05) is 48.1 Å². The first kappa shape index (κ1) is 16.2. The van der Waals surface area contributed by atoms with Gasteiger partial charge in [-0.1, -0.05) is 29.8 Å². The van der Waals surface area contributed by atoms with Crippen molar-refractivity contribution >= 4 is 23.8 Å². The number of carbonyl (C=O) groups is 1. The summed E-state index contributed by atoms with van der Waals surface area (Å²) in [6.07, 6.45) is 6.05. The van der Waals surface area contributed by atoms with Crippen molar-refractivity contribution in [2.45, 2.75) is 13.5 Å². The van der Waals surface area contributed by atoms with Gasteiger partial charge in [0.1, 0.15) is 5.82 Å². The maximum absolute atomic E-state index is 10.6. The van der Waals surface area contributed by atoms with Crippen LogP contribution in [0.1, 0.15) is 11.1 Å². The second-order valence-corrected chi connectivity index (χ2v) is 5.77. The molecule has 1 aromatic carbocycles. The van der Waals surface area contributed by atoms with Crippen LogP contribution in [0.5, 0.6) is 0 Å². The molecule has 0 spiro atoms. The van der Waals surface area contributed by atoms with Gasteiger partial charge in [0.25, 0.3) is 0 Å². The first-order chi connectivity index (χ1) is 11.6. The van der Waals surface area contributed by atoms with Crippen molar-refractivity contribution in [2.24, 2.45) is 0 Å². The van der Waals surface area contributed by atoms with Gasteiger partial charge in [-0.15, -0.1) is 0 Å². The molecular weight excluding hydrogens is 326 g/mol. The van der Waals surface area contributed by atoms with Crippen LogP contribution in [0.25, 0.3) is 16.8 Å². The van der Waals surface area contributed by atoms with Gasteiger partial charge < -0.3 is 15.0 Å². The Morgan fingerprint density at radius 3 is 2.79 bits per heavy atom. The summed E-state index contributed by atoms with van der Waals surface area (Å²) in [5.41, 5.74) is 4.30. The standard InChI is InChI=1S/C18H16ClN3O2/c1-12-7-20-18(21-11-24)6-17(12)22-8-13(10-23)15(9-22)14-4-2-3-5-16(14)19/h2-9,11,23H,10H2,1H3,(H,20,21,24). The molecule has 0 aliphatic heterocycles. The van der Waals surface area contributed by atoms with E-state index >= 15 is 0 Å². The number of nitrogens with zero attached hydrogens (tertiary/aromatic N) is 2. The van der Waals surface area contributed by atoms with Crippen LogP contribution < -0.4 is 5.32 Å². The van der Waals surface area contributed by atoms with Crippen LogP contribution in [-0.2, 0) is 11.4 Å². The van der Waals surface area contributed by atoms with Crippen molar-refractivity contribution in [3.63, 3.8) is 0 Å². The summed E-state index contributed by atoms with van der Waals surface area (Å²) >= 11 is 6.29. The number of halogens is 1. The van der Waals surface area contributed by atoms with Crippen molar-refractivity contribution in [1.29, 1.82) is 0 Å². The van der Waals surface area contributed by atoms with Crippen LogP contribution >= 0.6 is 11.6 Å². The Balaban J connectivity index is 2.13. The Bertz CT molecular complexity index is 890. The van der Waals surface area contributed by atoms with Crippen LogP contribution in [0.15, 0.2) is 48.9 Å². The van der Waals surface area contributed by atoms with E-state index in [9.17, 15) is 9.90 Å². The molecule has 24 heavy (non-hydrogen) atoms. The number of hydrogen-bond donors (Lipinski definition) is 2. The van der Waals surface area contributed by atoms with E-state index < -0.39 is 0 Å². The molecule has 0 aliphatic carbocycles. The lowest BCUT2D eigenvalue weighted by Gasteiger charge is -2.09. The van der Waals surface area contributed by atoms with Crippen LogP contribution in [0, 0.1) is 6.92 Å². The highest BCUT2D eigenvalue weighted by Gasteiger charge is 2.13. The van der Waals surface area contributed by atoms with E-state index in [1.54, 1.807) is 12.3 Å². The van der Waals surface area contributed by atoms with Crippen molar-refractivity contribution in [2.75, 3.05) is 5.32 Å². The molecule has 2 aromatic heterocycles. The minimum absolute atomic E-state index is 0.100. The summed E-state index contributed by atoms with van der Waals surface area (Å²) in [6, 6.07) is 9.29. The molecule has 0 saturated carbocycles. The molecule has 0 fully saturated rings. The van der Waals surface area contributed by atoms with Crippen LogP contribution in [0.4, 0.5) is 5.82 Å². The van der Waals surface area contributed by atoms with E-state index in [1.165, 1.54) is 0 Å². The smallest absolute Gasteiger partial charge is 0.212 e. The van der Waals surface area contributed by atoms with E-state index in [0.29, 0.717) is 17.3 Å². The minimum Gasteiger partial charge on any atom is -0.392 e. The van der Waals surface area contributed by atoms with Gasteiger partial charge in [0, 0.05) is 46.4 Å². The number of carbonyl (C=O) groups excluding carboxylic acids is 1. The molecule has 0 bridgehead atoms. The van der Waals surface area contributed by atoms with E-state index in [2.05, 4.69) is 10.3 Å². The minimum atomic E-state index is -0.100. The summed E-state index contributed by atoms with van der Waals surface area (Å²) in [5.74, 6) is 0.462. The lowest BCUT2D eigenvalue weighted by molar-refractivity contribution is -0.105. The third-order valence-electron chi connectivity index (χ3n) is 3.80. The lowest BCUT2D eigenvalue weighted by atomic mass is 10.1. The second kappa shape index (κ2) is 6.86. The summed E-state index contributed by atoms with van der Waals surface area (Å²) in [5, 5.41) is 12.9. The van der Waals surface area contributed by atoms with Crippen LogP contribution in [-0.4, -0.2) is 21.1 Å². The van der Waals surface area contributed by atoms with Gasteiger partial charge in [0.15, 0.2) is 0 Å². The molecule has 0 aliphatic rings. The van der Waals surface area contributed by atoms with Crippen molar-refractivity contribution in [3.05, 3.63) is 65.1 Å². The molecule has 0 saturated heterocycles. The normalized spacial score (nSPS) is 10.6. The highest BCUT2D eigenvalue weighted by atomic mass is 35.5. The number of aliphatic hydroxyl groups is 1. The Hall–Kier alpha value is -2.63. The summed E-state index contributed by atoms with van der Waals surface area (Å²) in [6.45, 7) is 1.83. The van der Waals surface area contributed by atoms with Crippen molar-refractivity contribution in [1.82, 2.24) is 9.55 Å². The zero-order chi connectivity index (χ0) is 17.1. The topological polar surface area (TPSA) is 67.2 Å². The lowest BCUT2D eigenvalue weighted by Crippen LogP contribution is -2.01. The molecule has 0 atom stereocenters. The molecule has 3 aromatic rings. The second-order valence-electron chi connectivity index (χ2n) is 5.36. The van der Waals surface area contributed by atoms with Gasteiger partial charge in [0.2, 0.25) is 6.41 Å². The number of amides is 1. The molecule has 0 unspecified atom stereocenters. The fourth-order valence-electron chi connectivity index (χ4n) is 2.61. The van der Waals surface area contributed by atoms with Gasteiger partial charge >= 0.3 is 0 Å². The number of nitrogens with one attached hydrogen (secondary N) is 1. The summed E-state index contributed by atoms with van der Waals surface area (Å²) < 4.78 is 1.90. The van der Waals surface area contributed by atoms with Crippen LogP contribution in [0.2, 0.25) is 5.02 Å². The van der Waals surface area contributed by atoms with Crippen molar-refractivity contribution in [3.8, 4) is 16.8 Å².